The fourth-order valence-electron chi connectivity index (χ4n) is 2.53. The van der Waals surface area contributed by atoms with Crippen LogP contribution in [0.4, 0.5) is 5.82 Å². The number of benzene rings is 1. The molecule has 1 heterocycles. The molecule has 0 atom stereocenters. The summed E-state index contributed by atoms with van der Waals surface area (Å²) in [6.07, 6.45) is 2.37. The minimum absolute atomic E-state index is 0.0315. The quantitative estimate of drug-likeness (QED) is 0.889. The van der Waals surface area contributed by atoms with Crippen LogP contribution >= 0.6 is 11.6 Å². The maximum Gasteiger partial charge on any atom is 0.132 e. The van der Waals surface area contributed by atoms with Gasteiger partial charge in [0.1, 0.15) is 17.3 Å². The molecule has 1 fully saturated rings. The monoisotopic (exact) mass is 289 g/mol. The summed E-state index contributed by atoms with van der Waals surface area (Å²) >= 11 is 6.30. The zero-order valence-corrected chi connectivity index (χ0v) is 12.9. The number of hydrogen-bond acceptors (Lipinski definition) is 2. The molecule has 4 heteroatoms. The Morgan fingerprint density at radius 3 is 2.45 bits per heavy atom. The van der Waals surface area contributed by atoms with Crippen molar-refractivity contribution in [1.29, 1.82) is 0 Å². The molecule has 3 rings (SSSR count). The molecule has 1 aromatic carbocycles. The second-order valence-corrected chi connectivity index (χ2v) is 6.91. The minimum atomic E-state index is -0.0315. The van der Waals surface area contributed by atoms with Crippen LogP contribution in [0.5, 0.6) is 0 Å². The molecule has 3 nitrogen and oxygen atoms in total. The molecule has 1 aliphatic carbocycles. The summed E-state index contributed by atoms with van der Waals surface area (Å²) in [5.41, 5.74) is 8.08. The van der Waals surface area contributed by atoms with E-state index in [9.17, 15) is 0 Å². The molecule has 0 aliphatic heterocycles. The summed E-state index contributed by atoms with van der Waals surface area (Å²) in [6.45, 7) is 6.51. The number of imidazole rings is 1. The fourth-order valence-corrected chi connectivity index (χ4v) is 2.75. The molecule has 0 saturated heterocycles. The highest BCUT2D eigenvalue weighted by Gasteiger charge is 2.34. The first-order valence-corrected chi connectivity index (χ1v) is 7.40. The molecule has 1 aromatic heterocycles. The standard InChI is InChI=1S/C16H20ClN3/c1-16(2,3)15-19-13(11-6-4-5-7-12(11)17)14(18)20(15)10-8-9-10/h4-7,10H,8-9,18H2,1-3H3. The Kier molecular flexibility index (Phi) is 3.05. The van der Waals surface area contributed by atoms with Crippen LogP contribution in [0.1, 0.15) is 45.5 Å². The van der Waals surface area contributed by atoms with Crippen molar-refractivity contribution in [1.82, 2.24) is 9.55 Å². The lowest BCUT2D eigenvalue weighted by atomic mass is 9.95. The van der Waals surface area contributed by atoms with Crippen LogP contribution in [0.15, 0.2) is 24.3 Å². The van der Waals surface area contributed by atoms with Crippen molar-refractivity contribution in [2.45, 2.75) is 45.1 Å². The number of halogens is 1. The first kappa shape index (κ1) is 13.5. The number of rotatable bonds is 2. The van der Waals surface area contributed by atoms with Gasteiger partial charge in [0.25, 0.3) is 0 Å². The highest BCUT2D eigenvalue weighted by molar-refractivity contribution is 6.33. The normalized spacial score (nSPS) is 15.6. The minimum Gasteiger partial charge on any atom is -0.383 e. The number of anilines is 1. The van der Waals surface area contributed by atoms with E-state index in [1.165, 1.54) is 12.8 Å². The number of nitrogens with zero attached hydrogens (tertiary/aromatic N) is 2. The van der Waals surface area contributed by atoms with E-state index in [0.29, 0.717) is 11.1 Å². The lowest BCUT2D eigenvalue weighted by Gasteiger charge is -2.20. The van der Waals surface area contributed by atoms with Gasteiger partial charge in [-0.15, -0.1) is 0 Å². The van der Waals surface area contributed by atoms with Gasteiger partial charge in [0, 0.05) is 17.0 Å². The van der Waals surface area contributed by atoms with E-state index >= 15 is 0 Å². The molecular formula is C16H20ClN3. The topological polar surface area (TPSA) is 43.8 Å². The van der Waals surface area contributed by atoms with Gasteiger partial charge in [-0.1, -0.05) is 50.6 Å². The SMILES string of the molecule is CC(C)(C)c1nc(-c2ccccc2Cl)c(N)n1C1CC1. The van der Waals surface area contributed by atoms with Gasteiger partial charge in [-0.25, -0.2) is 4.98 Å². The number of hydrogen-bond donors (Lipinski definition) is 1. The zero-order chi connectivity index (χ0) is 14.5. The summed E-state index contributed by atoms with van der Waals surface area (Å²) in [5, 5.41) is 0.695. The van der Waals surface area contributed by atoms with Gasteiger partial charge >= 0.3 is 0 Å². The third-order valence-corrected chi connectivity index (χ3v) is 3.99. The van der Waals surface area contributed by atoms with Gasteiger partial charge < -0.3 is 10.3 Å². The van der Waals surface area contributed by atoms with Crippen molar-refractivity contribution in [3.8, 4) is 11.3 Å². The van der Waals surface area contributed by atoms with Crippen molar-refractivity contribution in [2.75, 3.05) is 5.73 Å². The highest BCUT2D eigenvalue weighted by Crippen LogP contribution is 2.44. The second-order valence-electron chi connectivity index (χ2n) is 6.50. The number of aromatic nitrogens is 2. The number of nitrogens with two attached hydrogens (primary N) is 1. The van der Waals surface area contributed by atoms with Crippen LogP contribution in [0.3, 0.4) is 0 Å². The third-order valence-electron chi connectivity index (χ3n) is 3.66. The Labute approximate surface area is 124 Å². The van der Waals surface area contributed by atoms with Gasteiger partial charge in [-0.2, -0.15) is 0 Å². The molecule has 1 saturated carbocycles. The molecule has 2 aromatic rings. The van der Waals surface area contributed by atoms with E-state index in [0.717, 1.165) is 22.9 Å². The largest absolute Gasteiger partial charge is 0.383 e. The summed E-state index contributed by atoms with van der Waals surface area (Å²) in [4.78, 5) is 4.83. The average molecular weight is 290 g/mol. The predicted octanol–water partition coefficient (Wildman–Crippen LogP) is 4.42. The van der Waals surface area contributed by atoms with Gasteiger partial charge in [-0.3, -0.25) is 0 Å². The van der Waals surface area contributed by atoms with E-state index in [1.54, 1.807) is 0 Å². The van der Waals surface area contributed by atoms with Gasteiger partial charge in [-0.05, 0) is 18.9 Å². The summed E-state index contributed by atoms with van der Waals surface area (Å²) in [7, 11) is 0. The van der Waals surface area contributed by atoms with E-state index < -0.39 is 0 Å². The zero-order valence-electron chi connectivity index (χ0n) is 12.2. The van der Waals surface area contributed by atoms with E-state index in [2.05, 4.69) is 25.3 Å². The van der Waals surface area contributed by atoms with Crippen LogP contribution in [0, 0.1) is 0 Å². The van der Waals surface area contributed by atoms with Crippen LogP contribution in [0.25, 0.3) is 11.3 Å². The molecule has 0 amide bonds. The molecular weight excluding hydrogens is 270 g/mol. The fraction of sp³-hybridized carbons (Fsp3) is 0.438. The predicted molar refractivity (Wildman–Crippen MR) is 84.1 cm³/mol. The van der Waals surface area contributed by atoms with Crippen molar-refractivity contribution >= 4 is 17.4 Å². The molecule has 1 aliphatic rings. The summed E-state index contributed by atoms with van der Waals surface area (Å²) < 4.78 is 2.21. The summed E-state index contributed by atoms with van der Waals surface area (Å²) in [5.74, 6) is 1.79. The lowest BCUT2D eigenvalue weighted by molar-refractivity contribution is 0.504. The first-order chi connectivity index (χ1) is 9.39. The van der Waals surface area contributed by atoms with Crippen molar-refractivity contribution in [3.05, 3.63) is 35.1 Å². The summed E-state index contributed by atoms with van der Waals surface area (Å²) in [6, 6.07) is 8.25. The molecule has 0 unspecified atom stereocenters. The maximum atomic E-state index is 6.38. The van der Waals surface area contributed by atoms with Gasteiger partial charge in [0.05, 0.1) is 5.02 Å². The molecule has 20 heavy (non-hydrogen) atoms. The number of nitrogen functional groups attached to an aromatic ring is 1. The molecule has 0 spiro atoms. The molecule has 0 bridgehead atoms. The molecule has 0 radical (unpaired) electrons. The van der Waals surface area contributed by atoms with Crippen LogP contribution in [-0.2, 0) is 5.41 Å². The average Bonchev–Trinajstić information content (AvgIpc) is 3.13. The van der Waals surface area contributed by atoms with Gasteiger partial charge in [0.2, 0.25) is 0 Å². The van der Waals surface area contributed by atoms with Crippen molar-refractivity contribution in [3.63, 3.8) is 0 Å². The lowest BCUT2D eigenvalue weighted by Crippen LogP contribution is -2.19. The Hall–Kier alpha value is -1.48. The van der Waals surface area contributed by atoms with Crippen LogP contribution in [0.2, 0.25) is 5.02 Å². The van der Waals surface area contributed by atoms with Crippen molar-refractivity contribution in [2.24, 2.45) is 0 Å². The molecule has 106 valence electrons. The third kappa shape index (κ3) is 2.20. The Balaban J connectivity index is 2.21. The second kappa shape index (κ2) is 4.52. The Morgan fingerprint density at radius 2 is 1.90 bits per heavy atom. The Bertz CT molecular complexity index is 648. The van der Waals surface area contributed by atoms with Crippen molar-refractivity contribution < 1.29 is 0 Å². The first-order valence-electron chi connectivity index (χ1n) is 7.02. The highest BCUT2D eigenvalue weighted by atomic mass is 35.5. The Morgan fingerprint density at radius 1 is 1.25 bits per heavy atom. The molecule has 2 N–H and O–H groups in total. The van der Waals surface area contributed by atoms with E-state index in [1.807, 2.05) is 24.3 Å². The van der Waals surface area contributed by atoms with E-state index in [-0.39, 0.29) is 5.41 Å². The van der Waals surface area contributed by atoms with Crippen LogP contribution < -0.4 is 5.73 Å². The van der Waals surface area contributed by atoms with Gasteiger partial charge in [0.15, 0.2) is 0 Å². The van der Waals surface area contributed by atoms with E-state index in [4.69, 9.17) is 22.3 Å². The smallest absolute Gasteiger partial charge is 0.132 e. The van der Waals surface area contributed by atoms with Crippen LogP contribution in [-0.4, -0.2) is 9.55 Å². The maximum absolute atomic E-state index is 6.38.